The molecule has 1 amide bonds. The first-order valence-corrected chi connectivity index (χ1v) is 11.7. The quantitative estimate of drug-likeness (QED) is 0.458. The highest BCUT2D eigenvalue weighted by Crippen LogP contribution is 2.43. The number of benzene rings is 1. The number of carbonyl (C=O) groups is 1. The van der Waals surface area contributed by atoms with Crippen LogP contribution in [0.5, 0.6) is 0 Å². The van der Waals surface area contributed by atoms with E-state index in [0.717, 1.165) is 5.56 Å². The molecule has 3 N–H and O–H groups in total. The predicted octanol–water partition coefficient (Wildman–Crippen LogP) is 4.74. The number of hydrogen-bond donors (Lipinski definition) is 2. The number of hydrogen-bond acceptors (Lipinski definition) is 7. The number of pyridine rings is 1. The zero-order valence-corrected chi connectivity index (χ0v) is 19.8. The average Bonchev–Trinajstić information content (AvgIpc) is 3.34. The van der Waals surface area contributed by atoms with E-state index in [-0.39, 0.29) is 32.4 Å². The Bertz CT molecular complexity index is 1290. The van der Waals surface area contributed by atoms with E-state index in [9.17, 15) is 36.2 Å². The van der Waals surface area contributed by atoms with Crippen LogP contribution in [0.25, 0.3) is 11.6 Å². The third-order valence-electron chi connectivity index (χ3n) is 6.28. The number of carbonyl (C=O) groups excluding carboxylic acids is 1. The predicted molar refractivity (Wildman–Crippen MR) is 121 cm³/mol. The Morgan fingerprint density at radius 1 is 1.03 bits per heavy atom. The van der Waals surface area contributed by atoms with Crippen LogP contribution in [0, 0.1) is 0 Å². The largest absolute Gasteiger partial charge is 0.426 e. The minimum atomic E-state index is -5.18. The van der Waals surface area contributed by atoms with E-state index < -0.39 is 64.7 Å². The normalized spacial score (nSPS) is 19.3. The highest BCUT2D eigenvalue weighted by molar-refractivity contribution is 5.95. The number of rotatable bonds is 3. The van der Waals surface area contributed by atoms with Gasteiger partial charge in [0.2, 0.25) is 5.60 Å². The molecule has 4 bridgehead atoms. The second-order valence-electron chi connectivity index (χ2n) is 8.93. The number of aromatic nitrogens is 3. The van der Waals surface area contributed by atoms with Gasteiger partial charge in [-0.05, 0) is 37.3 Å². The summed E-state index contributed by atoms with van der Waals surface area (Å²) in [5.41, 5.74) is -0.595. The number of nitrogens with zero attached hydrogens (tertiary/aromatic N) is 4. The molecule has 2 aromatic heterocycles. The highest BCUT2D eigenvalue weighted by Gasteiger charge is 2.58. The molecule has 0 fully saturated rings. The van der Waals surface area contributed by atoms with Gasteiger partial charge < -0.3 is 20.2 Å². The number of anilines is 1. The molecular formula is C24H23F6N5O3. The fraction of sp³-hybridized carbons (Fsp3) is 0.417. The highest BCUT2D eigenvalue weighted by atomic mass is 19.4. The van der Waals surface area contributed by atoms with Crippen LogP contribution in [-0.4, -0.2) is 50.4 Å². The van der Waals surface area contributed by atoms with Crippen molar-refractivity contribution in [1.29, 1.82) is 0 Å². The van der Waals surface area contributed by atoms with Gasteiger partial charge in [-0.25, -0.2) is 4.98 Å². The molecule has 204 valence electrons. The summed E-state index contributed by atoms with van der Waals surface area (Å²) in [6.45, 7) is -0.0219. The van der Waals surface area contributed by atoms with Crippen molar-refractivity contribution in [3.05, 3.63) is 59.1 Å². The summed E-state index contributed by atoms with van der Waals surface area (Å²) in [5, 5.41) is 17.2. The summed E-state index contributed by atoms with van der Waals surface area (Å²) in [5.74, 6) is -3.00. The van der Waals surface area contributed by atoms with Crippen LogP contribution in [0.2, 0.25) is 0 Å². The van der Waals surface area contributed by atoms with E-state index >= 15 is 0 Å². The number of fused-ring (bicyclic) bond motifs is 5. The lowest BCUT2D eigenvalue weighted by Gasteiger charge is -2.27. The van der Waals surface area contributed by atoms with Crippen molar-refractivity contribution < 1.29 is 40.7 Å². The third-order valence-corrected chi connectivity index (χ3v) is 6.28. The minimum absolute atomic E-state index is 0.0265. The number of nitrogen functional groups attached to an aromatic ring is 1. The van der Waals surface area contributed by atoms with Crippen LogP contribution in [-0.2, 0) is 18.2 Å². The molecule has 38 heavy (non-hydrogen) atoms. The maximum atomic E-state index is 13.9. The van der Waals surface area contributed by atoms with E-state index in [1.165, 1.54) is 4.90 Å². The van der Waals surface area contributed by atoms with Crippen molar-refractivity contribution >= 4 is 11.6 Å². The van der Waals surface area contributed by atoms with Crippen LogP contribution >= 0.6 is 0 Å². The van der Waals surface area contributed by atoms with Gasteiger partial charge in [0.15, 0.2) is 5.69 Å². The molecule has 0 unspecified atom stereocenters. The van der Waals surface area contributed by atoms with Gasteiger partial charge in [-0.15, -0.1) is 10.2 Å². The van der Waals surface area contributed by atoms with Gasteiger partial charge in [0.1, 0.15) is 5.69 Å². The molecule has 0 saturated carbocycles. The molecular weight excluding hydrogens is 520 g/mol. The molecule has 3 heterocycles. The lowest BCUT2D eigenvalue weighted by molar-refractivity contribution is -0.277. The second-order valence-corrected chi connectivity index (χ2v) is 8.93. The first kappa shape index (κ1) is 27.4. The fourth-order valence-electron chi connectivity index (χ4n) is 4.17. The van der Waals surface area contributed by atoms with Crippen molar-refractivity contribution in [3.63, 3.8) is 0 Å². The molecule has 3 aromatic rings. The Balaban J connectivity index is 1.82. The van der Waals surface area contributed by atoms with Crippen molar-refractivity contribution in [3.8, 4) is 11.6 Å². The van der Waals surface area contributed by atoms with E-state index in [2.05, 4.69) is 15.2 Å². The van der Waals surface area contributed by atoms with Gasteiger partial charge >= 0.3 is 12.4 Å². The number of aliphatic hydroxyl groups is 1. The smallest absolute Gasteiger partial charge is 0.416 e. The van der Waals surface area contributed by atoms with Gasteiger partial charge in [-0.2, -0.15) is 26.3 Å². The summed E-state index contributed by atoms with van der Waals surface area (Å²) in [6.07, 6.45) is -10.6. The lowest BCUT2D eigenvalue weighted by atomic mass is 9.95. The van der Waals surface area contributed by atoms with Gasteiger partial charge in [-0.1, -0.05) is 36.8 Å². The van der Waals surface area contributed by atoms with Crippen LogP contribution in [0.3, 0.4) is 0 Å². The van der Waals surface area contributed by atoms with Gasteiger partial charge in [0, 0.05) is 13.1 Å². The molecule has 0 aliphatic carbocycles. The number of nitrogens with two attached hydrogens (primary N) is 1. The van der Waals surface area contributed by atoms with Gasteiger partial charge in [-0.3, -0.25) is 4.79 Å². The Morgan fingerprint density at radius 2 is 1.74 bits per heavy atom. The minimum Gasteiger partial charge on any atom is -0.416 e. The Kier molecular flexibility index (Phi) is 7.37. The first-order chi connectivity index (χ1) is 17.8. The molecule has 4 rings (SSSR count). The molecule has 0 saturated heterocycles. The average molecular weight is 543 g/mol. The number of halogens is 6. The SMILES string of the molecule is Nc1cc(C(F)(F)F)c2nc1-c1nnc(o1)[C@@](O)(C(F)(F)F)CCCCCN(CCc1ccccc1)C2=O. The topological polar surface area (TPSA) is 118 Å². The number of alkyl halides is 6. The summed E-state index contributed by atoms with van der Waals surface area (Å²) in [6, 6.07) is 9.38. The maximum Gasteiger partial charge on any atom is 0.426 e. The van der Waals surface area contributed by atoms with Crippen molar-refractivity contribution in [2.45, 2.75) is 50.1 Å². The maximum absolute atomic E-state index is 13.9. The molecule has 14 heteroatoms. The van der Waals surface area contributed by atoms with Crippen LogP contribution in [0.1, 0.15) is 53.2 Å². The zero-order chi connectivity index (χ0) is 27.7. The third kappa shape index (κ3) is 5.44. The van der Waals surface area contributed by atoms with Crippen LogP contribution in [0.15, 0.2) is 40.8 Å². The summed E-state index contributed by atoms with van der Waals surface area (Å²) < 4.78 is 88.3. The van der Waals surface area contributed by atoms with Crippen molar-refractivity contribution in [2.24, 2.45) is 0 Å². The zero-order valence-electron chi connectivity index (χ0n) is 19.8. The van der Waals surface area contributed by atoms with Gasteiger partial charge in [0.05, 0.1) is 11.3 Å². The monoisotopic (exact) mass is 543 g/mol. The first-order valence-electron chi connectivity index (χ1n) is 11.7. The summed E-state index contributed by atoms with van der Waals surface area (Å²) in [4.78, 5) is 18.4. The van der Waals surface area contributed by atoms with Crippen LogP contribution < -0.4 is 5.73 Å². The Labute approximate surface area is 212 Å². The molecule has 0 spiro atoms. The summed E-state index contributed by atoms with van der Waals surface area (Å²) in [7, 11) is 0. The molecule has 0 radical (unpaired) electrons. The van der Waals surface area contributed by atoms with E-state index in [4.69, 9.17) is 10.2 Å². The van der Waals surface area contributed by atoms with Crippen LogP contribution in [0.4, 0.5) is 32.0 Å². The Hall–Kier alpha value is -3.68. The summed E-state index contributed by atoms with van der Waals surface area (Å²) >= 11 is 0. The lowest BCUT2D eigenvalue weighted by Crippen LogP contribution is -2.42. The number of amides is 1. The molecule has 1 aromatic carbocycles. The molecule has 1 aliphatic heterocycles. The Morgan fingerprint density at radius 3 is 2.39 bits per heavy atom. The molecule has 1 aliphatic rings. The van der Waals surface area contributed by atoms with Crippen molar-refractivity contribution in [1.82, 2.24) is 20.1 Å². The van der Waals surface area contributed by atoms with Crippen molar-refractivity contribution in [2.75, 3.05) is 18.8 Å². The van der Waals surface area contributed by atoms with Gasteiger partial charge in [0.25, 0.3) is 17.7 Å². The van der Waals surface area contributed by atoms with E-state index in [0.29, 0.717) is 12.5 Å². The fourth-order valence-corrected chi connectivity index (χ4v) is 4.17. The second kappa shape index (κ2) is 10.2. The van der Waals surface area contributed by atoms with E-state index in [1.54, 1.807) is 30.3 Å². The molecule has 8 nitrogen and oxygen atoms in total. The van der Waals surface area contributed by atoms with E-state index in [1.807, 2.05) is 0 Å². The standard InChI is InChI=1S/C24H23F6N5O3/c25-23(26,27)15-13-16(31)18-19-33-34-21(38-19)22(37,24(28,29)30)10-5-2-6-11-35(20(36)17(15)32-18)12-9-14-7-3-1-4-8-14/h1,3-4,7-8,13,37H,2,5-6,9-12,31H2/t22-/m1/s1. The molecule has 1 atom stereocenters.